The molecule has 1 aromatic carbocycles. The van der Waals surface area contributed by atoms with Crippen molar-refractivity contribution in [1.29, 1.82) is 0 Å². The minimum Gasteiger partial charge on any atom is -0.478 e. The van der Waals surface area contributed by atoms with Crippen LogP contribution >= 0.6 is 0 Å². The number of carboxylic acid groups (broad SMARTS) is 1. The molecular weight excluding hydrogens is 282 g/mol. The molecular formula is C12H13N3O4S. The molecule has 106 valence electrons. The number of H-pyrrole nitrogens is 1. The molecule has 1 heterocycles. The molecule has 20 heavy (non-hydrogen) atoms. The van der Waals surface area contributed by atoms with Gasteiger partial charge in [0.1, 0.15) is 0 Å². The van der Waals surface area contributed by atoms with Crippen LogP contribution in [0, 0.1) is 0 Å². The van der Waals surface area contributed by atoms with Gasteiger partial charge in [0, 0.05) is 11.9 Å². The number of rotatable bonds is 6. The van der Waals surface area contributed by atoms with Crippen molar-refractivity contribution >= 4 is 16.0 Å². The van der Waals surface area contributed by atoms with E-state index in [1.165, 1.54) is 36.8 Å². The van der Waals surface area contributed by atoms with Crippen molar-refractivity contribution in [3.8, 4) is 0 Å². The van der Waals surface area contributed by atoms with Gasteiger partial charge in [-0.15, -0.1) is 0 Å². The normalized spacial score (nSPS) is 11.4. The Hall–Kier alpha value is -2.19. The molecule has 3 N–H and O–H groups in total. The van der Waals surface area contributed by atoms with Crippen molar-refractivity contribution in [1.82, 2.24) is 14.7 Å². The van der Waals surface area contributed by atoms with Crippen LogP contribution in [0.1, 0.15) is 21.6 Å². The number of aromatic carboxylic acids is 1. The van der Waals surface area contributed by atoms with E-state index >= 15 is 0 Å². The number of sulfonamides is 1. The summed E-state index contributed by atoms with van der Waals surface area (Å²) in [6, 6.07) is 5.72. The lowest BCUT2D eigenvalue weighted by molar-refractivity contribution is 0.0697. The highest BCUT2D eigenvalue weighted by Gasteiger charge is 2.12. The summed E-state index contributed by atoms with van der Waals surface area (Å²) in [4.78, 5) is 17.3. The molecule has 0 spiro atoms. The minimum atomic E-state index is -3.49. The maximum atomic E-state index is 11.9. The average molecular weight is 295 g/mol. The summed E-state index contributed by atoms with van der Waals surface area (Å²) in [6.07, 6.45) is 3.00. The predicted molar refractivity (Wildman–Crippen MR) is 71.5 cm³/mol. The van der Waals surface area contributed by atoms with Crippen molar-refractivity contribution < 1.29 is 18.3 Å². The Morgan fingerprint density at radius 1 is 1.30 bits per heavy atom. The molecule has 0 aliphatic heterocycles. The van der Waals surface area contributed by atoms with Gasteiger partial charge in [-0.1, -0.05) is 12.1 Å². The fourth-order valence-electron chi connectivity index (χ4n) is 1.58. The lowest BCUT2D eigenvalue weighted by atomic mass is 10.1. The Labute approximate surface area is 115 Å². The maximum absolute atomic E-state index is 11.9. The first-order chi connectivity index (χ1) is 9.46. The smallest absolute Gasteiger partial charge is 0.335 e. The van der Waals surface area contributed by atoms with Crippen LogP contribution in [0.2, 0.25) is 0 Å². The first kappa shape index (κ1) is 14.2. The van der Waals surface area contributed by atoms with E-state index < -0.39 is 16.0 Å². The third-order valence-electron chi connectivity index (χ3n) is 2.59. The zero-order chi connectivity index (χ0) is 14.6. The van der Waals surface area contributed by atoms with E-state index in [9.17, 15) is 13.2 Å². The van der Waals surface area contributed by atoms with Gasteiger partial charge in [-0.25, -0.2) is 22.9 Å². The molecule has 0 saturated heterocycles. The van der Waals surface area contributed by atoms with Gasteiger partial charge in [-0.3, -0.25) is 0 Å². The first-order valence-corrected chi connectivity index (χ1v) is 7.38. The van der Waals surface area contributed by atoms with Crippen molar-refractivity contribution in [2.45, 2.75) is 12.3 Å². The summed E-state index contributed by atoms with van der Waals surface area (Å²) in [5.41, 5.74) is 1.30. The Morgan fingerprint density at radius 2 is 2.00 bits per heavy atom. The van der Waals surface area contributed by atoms with E-state index in [1.807, 2.05) is 0 Å². The van der Waals surface area contributed by atoms with E-state index in [0.29, 0.717) is 11.3 Å². The fourth-order valence-corrected chi connectivity index (χ4v) is 2.69. The highest BCUT2D eigenvalue weighted by Crippen LogP contribution is 2.08. The molecule has 0 fully saturated rings. The molecule has 0 aliphatic carbocycles. The Kier molecular flexibility index (Phi) is 4.16. The quantitative estimate of drug-likeness (QED) is 0.727. The van der Waals surface area contributed by atoms with Crippen molar-refractivity contribution in [3.63, 3.8) is 0 Å². The monoisotopic (exact) mass is 295 g/mol. The molecule has 0 aliphatic rings. The predicted octanol–water partition coefficient (Wildman–Crippen LogP) is 0.727. The third kappa shape index (κ3) is 3.90. The largest absolute Gasteiger partial charge is 0.478 e. The number of carbonyl (C=O) groups is 1. The van der Waals surface area contributed by atoms with Gasteiger partial charge in [0.2, 0.25) is 10.0 Å². The highest BCUT2D eigenvalue weighted by atomic mass is 32.2. The number of imidazole rings is 1. The van der Waals surface area contributed by atoms with Crippen LogP contribution in [0.3, 0.4) is 0 Å². The molecule has 0 atom stereocenters. The number of hydrogen-bond acceptors (Lipinski definition) is 4. The topological polar surface area (TPSA) is 112 Å². The SMILES string of the molecule is O=C(O)c1ccc(CS(=O)(=O)NCc2cnc[nH]2)cc1. The molecule has 8 heteroatoms. The Bertz CT molecular complexity index is 678. The molecule has 0 amide bonds. The van der Waals surface area contributed by atoms with E-state index in [4.69, 9.17) is 5.11 Å². The summed E-state index contributed by atoms with van der Waals surface area (Å²) in [7, 11) is -3.49. The van der Waals surface area contributed by atoms with Crippen molar-refractivity contribution in [2.24, 2.45) is 0 Å². The zero-order valence-corrected chi connectivity index (χ0v) is 11.2. The van der Waals surface area contributed by atoms with E-state index in [2.05, 4.69) is 14.7 Å². The summed E-state index contributed by atoms with van der Waals surface area (Å²) in [5, 5.41) is 8.76. The summed E-state index contributed by atoms with van der Waals surface area (Å²) >= 11 is 0. The van der Waals surface area contributed by atoms with Crippen LogP contribution in [-0.2, 0) is 22.3 Å². The van der Waals surface area contributed by atoms with Crippen LogP contribution in [0.15, 0.2) is 36.8 Å². The molecule has 2 rings (SSSR count). The lowest BCUT2D eigenvalue weighted by Crippen LogP contribution is -2.24. The number of aromatic amines is 1. The third-order valence-corrected chi connectivity index (χ3v) is 3.89. The van der Waals surface area contributed by atoms with Gasteiger partial charge in [0.05, 0.1) is 24.2 Å². The molecule has 0 radical (unpaired) electrons. The molecule has 7 nitrogen and oxygen atoms in total. The van der Waals surface area contributed by atoms with E-state index in [0.717, 1.165) is 0 Å². The lowest BCUT2D eigenvalue weighted by Gasteiger charge is -2.06. The van der Waals surface area contributed by atoms with Crippen LogP contribution in [0.25, 0.3) is 0 Å². The number of benzene rings is 1. The number of aromatic nitrogens is 2. The van der Waals surface area contributed by atoms with Gasteiger partial charge in [0.25, 0.3) is 0 Å². The van der Waals surface area contributed by atoms with E-state index in [1.54, 1.807) is 0 Å². The Morgan fingerprint density at radius 3 is 2.55 bits per heavy atom. The van der Waals surface area contributed by atoms with Crippen LogP contribution in [-0.4, -0.2) is 29.5 Å². The maximum Gasteiger partial charge on any atom is 0.335 e. The number of hydrogen-bond donors (Lipinski definition) is 3. The fraction of sp³-hybridized carbons (Fsp3) is 0.167. The zero-order valence-electron chi connectivity index (χ0n) is 10.4. The Balaban J connectivity index is 1.98. The standard InChI is InChI=1S/C12H13N3O4S/c16-12(17)10-3-1-9(2-4-10)7-20(18,19)15-6-11-5-13-8-14-11/h1-5,8,15H,6-7H2,(H,13,14)(H,16,17). The summed E-state index contributed by atoms with van der Waals surface area (Å²) < 4.78 is 26.1. The summed E-state index contributed by atoms with van der Waals surface area (Å²) in [5.74, 6) is -1.25. The average Bonchev–Trinajstić information content (AvgIpc) is 2.90. The molecule has 0 saturated carbocycles. The molecule has 0 unspecified atom stereocenters. The van der Waals surface area contributed by atoms with E-state index in [-0.39, 0.29) is 17.9 Å². The number of carboxylic acids is 1. The van der Waals surface area contributed by atoms with Crippen LogP contribution in [0.5, 0.6) is 0 Å². The molecule has 1 aromatic heterocycles. The van der Waals surface area contributed by atoms with Crippen LogP contribution < -0.4 is 4.72 Å². The highest BCUT2D eigenvalue weighted by molar-refractivity contribution is 7.88. The molecule has 0 bridgehead atoms. The van der Waals surface area contributed by atoms with Gasteiger partial charge >= 0.3 is 5.97 Å². The number of nitrogens with one attached hydrogen (secondary N) is 2. The van der Waals surface area contributed by atoms with Crippen molar-refractivity contribution in [3.05, 3.63) is 53.6 Å². The second-order valence-electron chi connectivity index (χ2n) is 4.16. The van der Waals surface area contributed by atoms with Gasteiger partial charge in [0.15, 0.2) is 0 Å². The minimum absolute atomic E-state index is 0.122. The summed E-state index contributed by atoms with van der Waals surface area (Å²) in [6.45, 7) is 0.134. The van der Waals surface area contributed by atoms with Gasteiger partial charge < -0.3 is 10.1 Å². The van der Waals surface area contributed by atoms with Crippen LogP contribution in [0.4, 0.5) is 0 Å². The van der Waals surface area contributed by atoms with Gasteiger partial charge in [-0.05, 0) is 17.7 Å². The number of nitrogens with zero attached hydrogens (tertiary/aromatic N) is 1. The second-order valence-corrected chi connectivity index (χ2v) is 5.97. The second kappa shape index (κ2) is 5.85. The van der Waals surface area contributed by atoms with Gasteiger partial charge in [-0.2, -0.15) is 0 Å². The first-order valence-electron chi connectivity index (χ1n) is 5.73. The van der Waals surface area contributed by atoms with Crippen molar-refractivity contribution in [2.75, 3.05) is 0 Å². The molecule has 2 aromatic rings.